The van der Waals surface area contributed by atoms with Crippen LogP contribution in [-0.2, 0) is 23.7 Å². The quantitative estimate of drug-likeness (QED) is 0.0204. The van der Waals surface area contributed by atoms with Gasteiger partial charge in [0.2, 0.25) is 5.91 Å². The third-order valence-corrected chi connectivity index (χ3v) is 19.6. The Labute approximate surface area is 570 Å². The lowest BCUT2D eigenvalue weighted by Gasteiger charge is -2.46. The summed E-state index contributed by atoms with van der Waals surface area (Å²) < 4.78 is 22.9. The third kappa shape index (κ3) is 47.0. The first-order valence-corrected chi connectivity index (χ1v) is 39.7. The van der Waals surface area contributed by atoms with E-state index in [1.54, 1.807) is 6.08 Å². The van der Waals surface area contributed by atoms with E-state index in [-0.39, 0.29) is 18.9 Å². The smallest absolute Gasteiger partial charge is 0.220 e. The molecule has 548 valence electrons. The van der Waals surface area contributed by atoms with Crippen molar-refractivity contribution in [1.82, 2.24) is 5.32 Å². The predicted octanol–water partition coefficient (Wildman–Crippen LogP) is 17.6. The highest BCUT2D eigenvalue weighted by Crippen LogP contribution is 2.30. The second-order valence-electron chi connectivity index (χ2n) is 28.2. The van der Waals surface area contributed by atoms with Crippen molar-refractivity contribution in [3.05, 3.63) is 36.5 Å². The Hall–Kier alpha value is -1.79. The van der Waals surface area contributed by atoms with Gasteiger partial charge in [-0.2, -0.15) is 0 Å². The van der Waals surface area contributed by atoms with Gasteiger partial charge in [-0.25, -0.2) is 0 Å². The highest BCUT2D eigenvalue weighted by molar-refractivity contribution is 5.76. The zero-order valence-corrected chi connectivity index (χ0v) is 60.0. The normalized spacial score (nSPS) is 22.7. The topological polar surface area (TPSA) is 228 Å². The second kappa shape index (κ2) is 63.6. The highest BCUT2D eigenvalue weighted by Gasteiger charge is 2.51. The van der Waals surface area contributed by atoms with Crippen molar-refractivity contribution >= 4 is 5.91 Å². The van der Waals surface area contributed by atoms with Gasteiger partial charge >= 0.3 is 0 Å². The number of hydrogen-bond acceptors (Lipinski definition) is 13. The molecule has 0 aromatic heterocycles. The molecule has 1 amide bonds. The number of ether oxygens (including phenoxy) is 4. The summed E-state index contributed by atoms with van der Waals surface area (Å²) in [7, 11) is 0. The Bertz CT molecular complexity index is 1700. The first-order chi connectivity index (χ1) is 45.6. The maximum Gasteiger partial charge on any atom is 0.220 e. The minimum absolute atomic E-state index is 0.231. The summed E-state index contributed by atoms with van der Waals surface area (Å²) in [6, 6.07) is -0.914. The summed E-state index contributed by atoms with van der Waals surface area (Å²) in [5.74, 6) is -0.231. The largest absolute Gasteiger partial charge is 0.394 e. The summed E-state index contributed by atoms with van der Waals surface area (Å²) in [6.07, 6.45) is 66.6. The molecule has 2 saturated heterocycles. The van der Waals surface area contributed by atoms with Crippen molar-refractivity contribution in [1.29, 1.82) is 0 Å². The molecule has 2 heterocycles. The van der Waals surface area contributed by atoms with E-state index < -0.39 is 86.8 Å². The van der Waals surface area contributed by atoms with Gasteiger partial charge < -0.3 is 65.1 Å². The van der Waals surface area contributed by atoms with Crippen LogP contribution in [0.1, 0.15) is 367 Å². The van der Waals surface area contributed by atoms with E-state index >= 15 is 0 Å². The van der Waals surface area contributed by atoms with E-state index in [1.807, 2.05) is 6.08 Å². The van der Waals surface area contributed by atoms with Crippen LogP contribution in [0.5, 0.6) is 0 Å². The Kier molecular flexibility index (Phi) is 59.7. The highest BCUT2D eigenvalue weighted by atomic mass is 16.7. The van der Waals surface area contributed by atoms with Crippen LogP contribution in [0.3, 0.4) is 0 Å². The average molecular weight is 1320 g/mol. The fraction of sp³-hybridized carbons (Fsp3) is 0.911. The van der Waals surface area contributed by atoms with E-state index in [2.05, 4.69) is 43.5 Å². The third-order valence-electron chi connectivity index (χ3n) is 19.6. The van der Waals surface area contributed by atoms with Gasteiger partial charge in [-0.15, -0.1) is 0 Å². The van der Waals surface area contributed by atoms with E-state index in [1.165, 1.54) is 295 Å². The molecule has 0 aromatic carbocycles. The van der Waals surface area contributed by atoms with Crippen molar-refractivity contribution in [2.24, 2.45) is 0 Å². The minimum Gasteiger partial charge on any atom is -0.394 e. The van der Waals surface area contributed by atoms with E-state index in [0.717, 1.165) is 44.9 Å². The van der Waals surface area contributed by atoms with Crippen molar-refractivity contribution in [3.63, 3.8) is 0 Å². The first kappa shape index (κ1) is 87.3. The number of carbonyl (C=O) groups is 1. The number of nitrogens with one attached hydrogen (secondary N) is 1. The van der Waals surface area contributed by atoms with Gasteiger partial charge in [0.15, 0.2) is 12.6 Å². The summed E-state index contributed by atoms with van der Waals surface area (Å²) in [5, 5.41) is 87.6. The zero-order chi connectivity index (χ0) is 67.3. The molecule has 0 saturated carbocycles. The van der Waals surface area contributed by atoms with E-state index in [4.69, 9.17) is 18.9 Å². The van der Waals surface area contributed by atoms with E-state index in [0.29, 0.717) is 6.42 Å². The number of rotatable bonds is 67. The first-order valence-electron chi connectivity index (χ1n) is 39.7. The Morgan fingerprint density at radius 1 is 0.387 bits per heavy atom. The maximum atomic E-state index is 13.4. The molecule has 12 atom stereocenters. The molecule has 0 spiro atoms. The number of unbranched alkanes of at least 4 members (excludes halogenated alkanes) is 50. The molecule has 93 heavy (non-hydrogen) atoms. The van der Waals surface area contributed by atoms with Crippen LogP contribution < -0.4 is 5.32 Å². The molecule has 2 rings (SSSR count). The van der Waals surface area contributed by atoms with Gasteiger partial charge in [-0.1, -0.05) is 346 Å². The monoisotopic (exact) mass is 1320 g/mol. The van der Waals surface area contributed by atoms with Crippen molar-refractivity contribution in [2.75, 3.05) is 19.8 Å². The summed E-state index contributed by atoms with van der Waals surface area (Å²) in [6.45, 7) is 2.85. The molecule has 0 aliphatic carbocycles. The van der Waals surface area contributed by atoms with Gasteiger partial charge in [0.05, 0.1) is 32.0 Å². The number of aliphatic hydroxyl groups is 8. The second-order valence-corrected chi connectivity index (χ2v) is 28.2. The number of allylic oxidation sites excluding steroid dienone is 5. The predicted molar refractivity (Wildman–Crippen MR) is 383 cm³/mol. The van der Waals surface area contributed by atoms with Gasteiger partial charge in [0.25, 0.3) is 0 Å². The molecule has 12 unspecified atom stereocenters. The molecule has 0 radical (unpaired) electrons. The van der Waals surface area contributed by atoms with Crippen molar-refractivity contribution in [2.45, 2.75) is 441 Å². The van der Waals surface area contributed by atoms with Crippen molar-refractivity contribution < 1.29 is 64.6 Å². The number of hydrogen-bond donors (Lipinski definition) is 9. The maximum absolute atomic E-state index is 13.4. The lowest BCUT2D eigenvalue weighted by atomic mass is 9.97. The van der Waals surface area contributed by atoms with Crippen LogP contribution >= 0.6 is 0 Å². The Balaban J connectivity index is 1.59. The summed E-state index contributed by atoms with van der Waals surface area (Å²) in [5.41, 5.74) is 0. The lowest BCUT2D eigenvalue weighted by Crippen LogP contribution is -2.65. The Morgan fingerprint density at radius 3 is 1.08 bits per heavy atom. The molecular formula is C79H149NO13. The Morgan fingerprint density at radius 2 is 0.710 bits per heavy atom. The van der Waals surface area contributed by atoms with Crippen LogP contribution in [0.2, 0.25) is 0 Å². The molecule has 2 aliphatic rings. The molecule has 0 aromatic rings. The van der Waals surface area contributed by atoms with Crippen molar-refractivity contribution in [3.8, 4) is 0 Å². The molecule has 0 bridgehead atoms. The molecule has 2 fully saturated rings. The van der Waals surface area contributed by atoms with Crippen LogP contribution in [0.4, 0.5) is 0 Å². The van der Waals surface area contributed by atoms with Crippen LogP contribution in [0.15, 0.2) is 36.5 Å². The molecule has 14 heteroatoms. The minimum atomic E-state index is -1.79. The standard InChI is InChI=1S/C79H149NO13/c1-3-5-7-9-11-13-15-17-19-21-23-25-27-28-29-30-31-32-33-34-35-36-37-38-39-40-41-43-45-47-49-51-53-55-57-59-61-63-71(84)80-67(66-90-78-76(89)74(87)77(70(65-82)92-78)93-79-75(88)73(86)72(85)69(64-81)91-79)68(83)62-60-58-56-54-52-50-48-46-44-42-26-24-22-20-18-16-14-12-10-8-6-4-2/h15,17,21,23,60,62,67-70,72-79,81-83,85-89H,3-14,16,18-20,22,24-59,61,63-66H2,1-2H3,(H,80,84)/b17-15-,23-21-,62-60+. The fourth-order valence-electron chi connectivity index (χ4n) is 13.3. The van der Waals surface area contributed by atoms with E-state index in [9.17, 15) is 45.6 Å². The molecule has 14 nitrogen and oxygen atoms in total. The molecular weight excluding hydrogens is 1170 g/mol. The average Bonchev–Trinajstić information content (AvgIpc) is 0.852. The van der Waals surface area contributed by atoms with Gasteiger partial charge in [-0.05, 0) is 51.4 Å². The number of carbonyl (C=O) groups excluding carboxylic acids is 1. The zero-order valence-electron chi connectivity index (χ0n) is 60.0. The van der Waals surface area contributed by atoms with Crippen LogP contribution in [-0.4, -0.2) is 140 Å². The summed E-state index contributed by atoms with van der Waals surface area (Å²) >= 11 is 0. The van der Waals surface area contributed by atoms with Crippen LogP contribution in [0, 0.1) is 0 Å². The fourth-order valence-corrected chi connectivity index (χ4v) is 13.3. The lowest BCUT2D eigenvalue weighted by molar-refractivity contribution is -0.359. The van der Waals surface area contributed by atoms with Gasteiger partial charge in [0.1, 0.15) is 48.8 Å². The number of amides is 1. The SMILES string of the molecule is CCCCCCC/C=C\C/C=C\CCCCCCCCCCCCCCCCCCCCCCCCCCCC(=O)NC(COC1OC(CO)C(OC2OC(CO)C(O)C(O)C2O)C(O)C1O)C(O)/C=C/CCCCCCCCCCCCCCCCCCCCCC. The number of aliphatic hydroxyl groups excluding tert-OH is 8. The summed E-state index contributed by atoms with van der Waals surface area (Å²) in [4.78, 5) is 13.4. The molecule has 2 aliphatic heterocycles. The van der Waals surface area contributed by atoms with Crippen LogP contribution in [0.25, 0.3) is 0 Å². The molecule has 9 N–H and O–H groups in total. The van der Waals surface area contributed by atoms with Gasteiger partial charge in [-0.3, -0.25) is 4.79 Å². The van der Waals surface area contributed by atoms with Gasteiger partial charge in [0, 0.05) is 6.42 Å².